The molecule has 0 heterocycles. The molecule has 1 rings (SSSR count). The number of phenolic OH excluding ortho intramolecular Hbond substituents is 1. The van der Waals surface area contributed by atoms with Gasteiger partial charge in [-0.3, -0.25) is 0 Å². The molecule has 0 unspecified atom stereocenters. The summed E-state index contributed by atoms with van der Waals surface area (Å²) >= 11 is 11.1. The summed E-state index contributed by atoms with van der Waals surface area (Å²) in [6.07, 6.45) is -7.73. The molecule has 2 atom stereocenters. The molecule has 1 aromatic rings. The standard InChI is InChI=1S/C9H8Cl2F3NO2.ClH/c10-3-1-4(11)6(5(16)2-3)7(15)8(17)9(12,13)14;/h1-2,7-8,16-17H,15H2;1H/t7-,8-;/m1./s1. The topological polar surface area (TPSA) is 66.5 Å². The van der Waals surface area contributed by atoms with Crippen LogP contribution in [0.1, 0.15) is 11.6 Å². The van der Waals surface area contributed by atoms with Crippen molar-refractivity contribution in [1.29, 1.82) is 0 Å². The molecule has 9 heteroatoms. The zero-order chi connectivity index (χ0) is 13.4. The minimum atomic E-state index is -4.91. The second kappa shape index (κ2) is 6.16. The van der Waals surface area contributed by atoms with Crippen LogP contribution in [0, 0.1) is 0 Å². The normalized spacial score (nSPS) is 14.8. The molecule has 0 spiro atoms. The Morgan fingerprint density at radius 1 is 1.22 bits per heavy atom. The van der Waals surface area contributed by atoms with E-state index in [1.807, 2.05) is 0 Å². The van der Waals surface area contributed by atoms with Gasteiger partial charge in [0.2, 0.25) is 0 Å². The highest BCUT2D eigenvalue weighted by Crippen LogP contribution is 2.38. The molecule has 0 radical (unpaired) electrons. The number of aliphatic hydroxyl groups is 1. The molecule has 0 amide bonds. The van der Waals surface area contributed by atoms with Crippen molar-refractivity contribution in [1.82, 2.24) is 0 Å². The molecule has 0 aliphatic heterocycles. The van der Waals surface area contributed by atoms with Gasteiger partial charge >= 0.3 is 6.18 Å². The Kier molecular flexibility index (Phi) is 6.03. The number of aromatic hydroxyl groups is 1. The predicted octanol–water partition coefficient (Wildman–Crippen LogP) is 3.04. The van der Waals surface area contributed by atoms with Crippen LogP contribution in [-0.2, 0) is 0 Å². The Morgan fingerprint density at radius 2 is 1.72 bits per heavy atom. The van der Waals surface area contributed by atoms with E-state index in [9.17, 15) is 18.3 Å². The van der Waals surface area contributed by atoms with Crippen molar-refractivity contribution < 1.29 is 23.4 Å². The maximum absolute atomic E-state index is 12.2. The zero-order valence-electron chi connectivity index (χ0n) is 8.58. The van der Waals surface area contributed by atoms with Crippen LogP contribution in [-0.4, -0.2) is 22.5 Å². The zero-order valence-corrected chi connectivity index (χ0v) is 10.9. The average Bonchev–Trinajstić information content (AvgIpc) is 2.13. The molecule has 0 aliphatic rings. The highest BCUT2D eigenvalue weighted by molar-refractivity contribution is 6.35. The minimum absolute atomic E-state index is 0. The number of nitrogens with two attached hydrogens (primary N) is 1. The van der Waals surface area contributed by atoms with Gasteiger partial charge in [-0.05, 0) is 12.1 Å². The van der Waals surface area contributed by atoms with Gasteiger partial charge in [-0.25, -0.2) is 0 Å². The number of alkyl halides is 3. The number of hydrogen-bond donors (Lipinski definition) is 3. The highest BCUT2D eigenvalue weighted by Gasteiger charge is 2.44. The number of phenols is 1. The molecular formula is C9H9Cl3F3NO2. The van der Waals surface area contributed by atoms with Gasteiger partial charge in [0.05, 0.1) is 11.1 Å². The summed E-state index contributed by atoms with van der Waals surface area (Å²) in [5.41, 5.74) is 4.82. The lowest BCUT2D eigenvalue weighted by molar-refractivity contribution is -0.210. The van der Waals surface area contributed by atoms with E-state index in [4.69, 9.17) is 34.0 Å². The van der Waals surface area contributed by atoms with Gasteiger partial charge in [-0.15, -0.1) is 12.4 Å². The van der Waals surface area contributed by atoms with Gasteiger partial charge < -0.3 is 15.9 Å². The van der Waals surface area contributed by atoms with E-state index in [2.05, 4.69) is 0 Å². The molecule has 0 aliphatic carbocycles. The summed E-state index contributed by atoms with van der Waals surface area (Å²) in [7, 11) is 0. The maximum Gasteiger partial charge on any atom is 0.416 e. The van der Waals surface area contributed by atoms with Crippen molar-refractivity contribution in [2.24, 2.45) is 5.73 Å². The Labute approximate surface area is 117 Å². The summed E-state index contributed by atoms with van der Waals surface area (Å²) in [6, 6.07) is 0.229. The molecule has 1 aromatic carbocycles. The minimum Gasteiger partial charge on any atom is -0.507 e. The van der Waals surface area contributed by atoms with Crippen LogP contribution in [0.15, 0.2) is 12.1 Å². The third-order valence-corrected chi connectivity index (χ3v) is 2.61. The van der Waals surface area contributed by atoms with Crippen molar-refractivity contribution in [3.8, 4) is 5.75 Å². The van der Waals surface area contributed by atoms with Gasteiger partial charge in [0.1, 0.15) is 5.75 Å². The quantitative estimate of drug-likeness (QED) is 0.782. The fraction of sp³-hybridized carbons (Fsp3) is 0.333. The highest BCUT2D eigenvalue weighted by atomic mass is 35.5. The first-order valence-electron chi connectivity index (χ1n) is 4.33. The second-order valence-corrected chi connectivity index (χ2v) is 4.18. The maximum atomic E-state index is 12.2. The van der Waals surface area contributed by atoms with Gasteiger partial charge in [-0.1, -0.05) is 23.2 Å². The number of halogens is 6. The molecule has 3 nitrogen and oxygen atoms in total. The largest absolute Gasteiger partial charge is 0.507 e. The van der Waals surface area contributed by atoms with Crippen LogP contribution < -0.4 is 5.73 Å². The van der Waals surface area contributed by atoms with Crippen molar-refractivity contribution in [3.05, 3.63) is 27.7 Å². The van der Waals surface area contributed by atoms with E-state index in [1.165, 1.54) is 0 Å². The molecule has 0 saturated carbocycles. The summed E-state index contributed by atoms with van der Waals surface area (Å²) < 4.78 is 36.7. The lowest BCUT2D eigenvalue weighted by atomic mass is 10.0. The lowest BCUT2D eigenvalue weighted by Gasteiger charge is -2.23. The molecule has 4 N–H and O–H groups in total. The van der Waals surface area contributed by atoms with Gasteiger partial charge in [0, 0.05) is 10.6 Å². The van der Waals surface area contributed by atoms with E-state index in [-0.39, 0.29) is 22.5 Å². The molecule has 18 heavy (non-hydrogen) atoms. The Balaban J connectivity index is 0.00000289. The molecule has 0 fully saturated rings. The summed E-state index contributed by atoms with van der Waals surface area (Å²) in [5, 5.41) is 18.2. The van der Waals surface area contributed by atoms with E-state index >= 15 is 0 Å². The van der Waals surface area contributed by atoms with Crippen LogP contribution >= 0.6 is 35.6 Å². The third-order valence-electron chi connectivity index (χ3n) is 2.08. The van der Waals surface area contributed by atoms with Gasteiger partial charge in [0.15, 0.2) is 6.10 Å². The van der Waals surface area contributed by atoms with E-state index in [0.29, 0.717) is 0 Å². The summed E-state index contributed by atoms with van der Waals surface area (Å²) in [6.45, 7) is 0. The Hall–Kier alpha value is -0.400. The average molecular weight is 327 g/mol. The predicted molar refractivity (Wildman–Crippen MR) is 64.4 cm³/mol. The lowest BCUT2D eigenvalue weighted by Crippen LogP contribution is -2.39. The van der Waals surface area contributed by atoms with Crippen molar-refractivity contribution in [2.45, 2.75) is 18.3 Å². The summed E-state index contributed by atoms with van der Waals surface area (Å²) in [4.78, 5) is 0. The van der Waals surface area contributed by atoms with Gasteiger partial charge in [0.25, 0.3) is 0 Å². The fourth-order valence-electron chi connectivity index (χ4n) is 1.26. The van der Waals surface area contributed by atoms with E-state index < -0.39 is 29.6 Å². The summed E-state index contributed by atoms with van der Waals surface area (Å²) in [5.74, 6) is -0.599. The van der Waals surface area contributed by atoms with Crippen LogP contribution in [0.3, 0.4) is 0 Å². The molecule has 0 bridgehead atoms. The number of hydrogen-bond acceptors (Lipinski definition) is 3. The molecule has 104 valence electrons. The smallest absolute Gasteiger partial charge is 0.416 e. The Bertz CT molecular complexity index is 405. The first-order valence-corrected chi connectivity index (χ1v) is 5.08. The van der Waals surface area contributed by atoms with Crippen LogP contribution in [0.2, 0.25) is 10.0 Å². The van der Waals surface area contributed by atoms with Crippen LogP contribution in [0.5, 0.6) is 5.75 Å². The fourth-order valence-corrected chi connectivity index (χ4v) is 1.87. The second-order valence-electron chi connectivity index (χ2n) is 3.33. The van der Waals surface area contributed by atoms with Crippen LogP contribution in [0.25, 0.3) is 0 Å². The third kappa shape index (κ3) is 3.80. The number of rotatable bonds is 2. The SMILES string of the molecule is Cl.N[C@H](c1c(O)cc(Cl)cc1Cl)[C@@H](O)C(F)(F)F. The monoisotopic (exact) mass is 325 g/mol. The Morgan fingerprint density at radius 3 is 2.11 bits per heavy atom. The molecule has 0 aromatic heterocycles. The van der Waals surface area contributed by atoms with Gasteiger partial charge in [-0.2, -0.15) is 13.2 Å². The number of benzene rings is 1. The van der Waals surface area contributed by atoms with Crippen molar-refractivity contribution >= 4 is 35.6 Å². The van der Waals surface area contributed by atoms with E-state index in [0.717, 1.165) is 12.1 Å². The first kappa shape index (κ1) is 17.6. The van der Waals surface area contributed by atoms with Crippen LogP contribution in [0.4, 0.5) is 13.2 Å². The molecule has 0 saturated heterocycles. The first-order chi connectivity index (χ1) is 7.64. The number of aliphatic hydroxyl groups excluding tert-OH is 1. The van der Waals surface area contributed by atoms with E-state index in [1.54, 1.807) is 0 Å². The van der Waals surface area contributed by atoms with Crippen molar-refractivity contribution in [2.75, 3.05) is 0 Å². The molecular weight excluding hydrogens is 317 g/mol. The van der Waals surface area contributed by atoms with Crippen molar-refractivity contribution in [3.63, 3.8) is 0 Å².